The minimum Gasteiger partial charge on any atom is -0.493 e. The molecule has 2 aromatic rings. The summed E-state index contributed by atoms with van der Waals surface area (Å²) in [7, 11) is 3.06. The number of benzene rings is 2. The molecule has 0 saturated carbocycles. The molecule has 0 unspecified atom stereocenters. The van der Waals surface area contributed by atoms with E-state index in [1.807, 2.05) is 0 Å². The van der Waals surface area contributed by atoms with Crippen LogP contribution in [0.3, 0.4) is 0 Å². The third-order valence-corrected chi connectivity index (χ3v) is 4.81. The summed E-state index contributed by atoms with van der Waals surface area (Å²) in [6.45, 7) is 0.534. The molecule has 27 heavy (non-hydrogen) atoms. The fourth-order valence-electron chi connectivity index (χ4n) is 3.18. The molecule has 0 bridgehead atoms. The molecule has 2 amide bonds. The van der Waals surface area contributed by atoms with E-state index < -0.39 is 6.04 Å². The molecule has 0 aromatic heterocycles. The molecule has 1 aliphatic rings. The third kappa shape index (κ3) is 4.17. The molecular weight excluding hydrogens is 368 g/mol. The van der Waals surface area contributed by atoms with Crippen LogP contribution in [0.4, 0.5) is 5.69 Å². The fourth-order valence-corrected chi connectivity index (χ4v) is 3.30. The van der Waals surface area contributed by atoms with Crippen LogP contribution in [0.15, 0.2) is 42.5 Å². The van der Waals surface area contributed by atoms with Crippen molar-refractivity contribution in [2.45, 2.75) is 18.9 Å². The molecule has 7 heteroatoms. The number of anilines is 1. The number of rotatable bonds is 5. The van der Waals surface area contributed by atoms with Gasteiger partial charge in [0.15, 0.2) is 11.5 Å². The molecule has 142 valence electrons. The van der Waals surface area contributed by atoms with Crippen LogP contribution >= 0.6 is 11.6 Å². The summed E-state index contributed by atoms with van der Waals surface area (Å²) in [5.41, 5.74) is 1.11. The molecule has 1 heterocycles. The standard InChI is InChI=1S/C20H21ClN2O4/c1-26-17-10-5-13(12-18(17)27-2)20(25)23-11-3-4-16(23)19(24)22-15-8-6-14(21)7-9-15/h5-10,12,16H,3-4,11H2,1-2H3,(H,22,24)/t16-/m0/s1. The van der Waals surface area contributed by atoms with E-state index in [4.69, 9.17) is 21.1 Å². The number of nitrogens with zero attached hydrogens (tertiary/aromatic N) is 1. The van der Waals surface area contributed by atoms with E-state index in [1.54, 1.807) is 47.4 Å². The molecule has 2 aromatic carbocycles. The maximum absolute atomic E-state index is 13.0. The van der Waals surface area contributed by atoms with E-state index in [-0.39, 0.29) is 11.8 Å². The van der Waals surface area contributed by atoms with Crippen molar-refractivity contribution in [3.8, 4) is 11.5 Å². The molecule has 1 atom stereocenters. The lowest BCUT2D eigenvalue weighted by Gasteiger charge is -2.24. The highest BCUT2D eigenvalue weighted by molar-refractivity contribution is 6.30. The van der Waals surface area contributed by atoms with Gasteiger partial charge in [-0.25, -0.2) is 0 Å². The smallest absolute Gasteiger partial charge is 0.254 e. The number of hydrogen-bond acceptors (Lipinski definition) is 4. The Morgan fingerprint density at radius 3 is 2.44 bits per heavy atom. The number of halogens is 1. The average Bonchev–Trinajstić information content (AvgIpc) is 3.18. The Hall–Kier alpha value is -2.73. The first-order chi connectivity index (χ1) is 13.0. The summed E-state index contributed by atoms with van der Waals surface area (Å²) in [6.07, 6.45) is 1.40. The van der Waals surface area contributed by atoms with Gasteiger partial charge in [-0.05, 0) is 55.3 Å². The monoisotopic (exact) mass is 388 g/mol. The van der Waals surface area contributed by atoms with E-state index in [1.165, 1.54) is 14.2 Å². The van der Waals surface area contributed by atoms with Crippen molar-refractivity contribution < 1.29 is 19.1 Å². The van der Waals surface area contributed by atoms with Crippen LogP contribution in [-0.4, -0.2) is 43.5 Å². The first kappa shape index (κ1) is 19.0. The molecule has 3 rings (SSSR count). The topological polar surface area (TPSA) is 67.9 Å². The second kappa shape index (κ2) is 8.31. The lowest BCUT2D eigenvalue weighted by atomic mass is 10.1. The van der Waals surface area contributed by atoms with Crippen LogP contribution < -0.4 is 14.8 Å². The highest BCUT2D eigenvalue weighted by atomic mass is 35.5. The highest BCUT2D eigenvalue weighted by Crippen LogP contribution is 2.29. The van der Waals surface area contributed by atoms with Gasteiger partial charge < -0.3 is 19.7 Å². The summed E-state index contributed by atoms with van der Waals surface area (Å²) >= 11 is 5.87. The van der Waals surface area contributed by atoms with E-state index in [0.29, 0.717) is 40.7 Å². The predicted octanol–water partition coefficient (Wildman–Crippen LogP) is 3.60. The zero-order valence-corrected chi connectivity index (χ0v) is 16.0. The van der Waals surface area contributed by atoms with E-state index in [9.17, 15) is 9.59 Å². The van der Waals surface area contributed by atoms with Gasteiger partial charge in [0.1, 0.15) is 6.04 Å². The van der Waals surface area contributed by atoms with Gasteiger partial charge in [0, 0.05) is 22.8 Å². The number of likely N-dealkylation sites (tertiary alicyclic amines) is 1. The molecule has 6 nitrogen and oxygen atoms in total. The van der Waals surface area contributed by atoms with Crippen LogP contribution in [0.5, 0.6) is 11.5 Å². The Labute approximate surface area is 163 Å². The molecule has 1 N–H and O–H groups in total. The minimum atomic E-state index is -0.513. The van der Waals surface area contributed by atoms with Gasteiger partial charge >= 0.3 is 0 Å². The van der Waals surface area contributed by atoms with Crippen molar-refractivity contribution in [1.29, 1.82) is 0 Å². The Bertz CT molecular complexity index is 838. The maximum atomic E-state index is 13.0. The highest BCUT2D eigenvalue weighted by Gasteiger charge is 2.34. The van der Waals surface area contributed by atoms with Gasteiger partial charge in [-0.3, -0.25) is 9.59 Å². The van der Waals surface area contributed by atoms with Crippen molar-refractivity contribution in [3.63, 3.8) is 0 Å². The first-order valence-electron chi connectivity index (χ1n) is 8.63. The van der Waals surface area contributed by atoms with Crippen LogP contribution in [0.2, 0.25) is 5.02 Å². The third-order valence-electron chi connectivity index (χ3n) is 4.56. The van der Waals surface area contributed by atoms with Crippen molar-refractivity contribution in [2.24, 2.45) is 0 Å². The van der Waals surface area contributed by atoms with Crippen molar-refractivity contribution in [1.82, 2.24) is 4.90 Å². The number of amides is 2. The summed E-state index contributed by atoms with van der Waals surface area (Å²) in [4.78, 5) is 27.2. The van der Waals surface area contributed by atoms with E-state index >= 15 is 0 Å². The molecule has 0 radical (unpaired) electrons. The van der Waals surface area contributed by atoms with Crippen LogP contribution in [0.25, 0.3) is 0 Å². The van der Waals surface area contributed by atoms with Crippen molar-refractivity contribution in [3.05, 3.63) is 53.1 Å². The SMILES string of the molecule is COc1ccc(C(=O)N2CCC[C@H]2C(=O)Nc2ccc(Cl)cc2)cc1OC. The zero-order valence-electron chi connectivity index (χ0n) is 15.2. The van der Waals surface area contributed by atoms with Gasteiger partial charge in [-0.2, -0.15) is 0 Å². The van der Waals surface area contributed by atoms with Gasteiger partial charge in [0.25, 0.3) is 5.91 Å². The summed E-state index contributed by atoms with van der Waals surface area (Å²) < 4.78 is 10.5. The number of nitrogens with one attached hydrogen (secondary N) is 1. The predicted molar refractivity (Wildman–Crippen MR) is 104 cm³/mol. The lowest BCUT2D eigenvalue weighted by Crippen LogP contribution is -2.43. The molecule has 0 spiro atoms. The van der Waals surface area contributed by atoms with E-state index in [2.05, 4.69) is 5.32 Å². The summed E-state index contributed by atoms with van der Waals surface area (Å²) in [6, 6.07) is 11.4. The van der Waals surface area contributed by atoms with Gasteiger partial charge in [0.05, 0.1) is 14.2 Å². The fraction of sp³-hybridized carbons (Fsp3) is 0.300. The number of carbonyl (C=O) groups is 2. The minimum absolute atomic E-state index is 0.204. The quantitative estimate of drug-likeness (QED) is 0.849. The van der Waals surface area contributed by atoms with Crippen molar-refractivity contribution >= 4 is 29.1 Å². The molecule has 1 saturated heterocycles. The van der Waals surface area contributed by atoms with E-state index in [0.717, 1.165) is 6.42 Å². The summed E-state index contributed by atoms with van der Waals surface area (Å²) in [5.74, 6) is 0.616. The second-order valence-electron chi connectivity index (χ2n) is 6.22. The molecule has 0 aliphatic carbocycles. The number of carbonyl (C=O) groups excluding carboxylic acids is 2. The van der Waals surface area contributed by atoms with Gasteiger partial charge in [-0.1, -0.05) is 11.6 Å². The Morgan fingerprint density at radius 2 is 1.78 bits per heavy atom. The average molecular weight is 389 g/mol. The first-order valence-corrected chi connectivity index (χ1v) is 9.00. The maximum Gasteiger partial charge on any atom is 0.254 e. The zero-order chi connectivity index (χ0) is 19.4. The molecule has 1 aliphatic heterocycles. The van der Waals surface area contributed by atoms with Crippen LogP contribution in [0, 0.1) is 0 Å². The molecular formula is C20H21ClN2O4. The Balaban J connectivity index is 1.76. The largest absolute Gasteiger partial charge is 0.493 e. The Kier molecular flexibility index (Phi) is 5.86. The second-order valence-corrected chi connectivity index (χ2v) is 6.66. The number of ether oxygens (including phenoxy) is 2. The van der Waals surface area contributed by atoms with Gasteiger partial charge in [-0.15, -0.1) is 0 Å². The summed E-state index contributed by atoms with van der Waals surface area (Å²) in [5, 5.41) is 3.45. The molecule has 1 fully saturated rings. The normalized spacial score (nSPS) is 16.1. The number of methoxy groups -OCH3 is 2. The van der Waals surface area contributed by atoms with Crippen LogP contribution in [-0.2, 0) is 4.79 Å². The van der Waals surface area contributed by atoms with Crippen LogP contribution in [0.1, 0.15) is 23.2 Å². The van der Waals surface area contributed by atoms with Gasteiger partial charge in [0.2, 0.25) is 5.91 Å². The Morgan fingerprint density at radius 1 is 1.07 bits per heavy atom. The number of hydrogen-bond donors (Lipinski definition) is 1. The van der Waals surface area contributed by atoms with Crippen molar-refractivity contribution in [2.75, 3.05) is 26.1 Å². The lowest BCUT2D eigenvalue weighted by molar-refractivity contribution is -0.119.